The smallest absolute Gasteiger partial charge is 0.146 e. The van der Waals surface area contributed by atoms with Gasteiger partial charge in [-0.3, -0.25) is 0 Å². The Morgan fingerprint density at radius 1 is 2.00 bits per heavy atom. The Kier molecular flexibility index (Phi) is 2.81. The molecule has 0 unspecified atom stereocenters. The van der Waals surface area contributed by atoms with Gasteiger partial charge in [-0.2, -0.15) is 0 Å². The van der Waals surface area contributed by atoms with Gasteiger partial charge < -0.3 is 5.73 Å². The zero-order valence-electron chi connectivity index (χ0n) is 3.07. The Labute approximate surface area is 44.1 Å². The summed E-state index contributed by atoms with van der Waals surface area (Å²) in [6.07, 6.45) is 0. The number of carbonyl (C=O) groups excluding carboxylic acids is 1. The Bertz CT molecular complexity index is 84.8. The lowest BCUT2D eigenvalue weighted by Gasteiger charge is -1.76. The molecule has 0 heterocycles. The number of hydrogen-bond donors (Lipinski definition) is 1. The van der Waals surface area contributed by atoms with Gasteiger partial charge in [-0.25, -0.2) is 4.79 Å². The molecule has 0 aromatic heterocycles. The van der Waals surface area contributed by atoms with Crippen molar-refractivity contribution in [2.75, 3.05) is 5.33 Å². The molecule has 0 atom stereocenters. The maximum absolute atomic E-state index is 9.42. The highest BCUT2D eigenvalue weighted by atomic mass is 79.9. The summed E-state index contributed by atoms with van der Waals surface area (Å²) in [4.78, 5) is 9.42. The number of nitrogens with two attached hydrogens (primary N) is 1. The molecule has 0 aliphatic rings. The molecule has 0 aromatic carbocycles. The molecule has 3 heteroatoms. The van der Waals surface area contributed by atoms with Crippen molar-refractivity contribution in [2.45, 2.75) is 0 Å². The zero-order chi connectivity index (χ0) is 4.99. The van der Waals surface area contributed by atoms with Gasteiger partial charge in [0.2, 0.25) is 0 Å². The van der Waals surface area contributed by atoms with Gasteiger partial charge in [0.15, 0.2) is 0 Å². The number of allylic oxidation sites excluding steroid dienone is 1. The van der Waals surface area contributed by atoms with Crippen LogP contribution >= 0.6 is 15.9 Å². The van der Waals surface area contributed by atoms with Crippen LogP contribution in [-0.4, -0.2) is 11.3 Å². The average molecular weight is 150 g/mol. The van der Waals surface area contributed by atoms with Crippen molar-refractivity contribution in [3.63, 3.8) is 0 Å². The first-order valence-electron chi connectivity index (χ1n) is 1.36. The van der Waals surface area contributed by atoms with Gasteiger partial charge in [-0.15, -0.1) is 0 Å². The number of halogens is 1. The van der Waals surface area contributed by atoms with Gasteiger partial charge >= 0.3 is 0 Å². The van der Waals surface area contributed by atoms with E-state index in [4.69, 9.17) is 5.73 Å². The van der Waals surface area contributed by atoms with E-state index in [2.05, 4.69) is 15.9 Å². The minimum Gasteiger partial charge on any atom is -0.392 e. The lowest BCUT2D eigenvalue weighted by Crippen LogP contribution is -1.96. The molecule has 2 nitrogen and oxygen atoms in total. The molecule has 0 saturated carbocycles. The molecule has 0 spiro atoms. The van der Waals surface area contributed by atoms with E-state index >= 15 is 0 Å². The average Bonchev–Trinajstić information content (AvgIpc) is 1.65. The standard InChI is InChI=1S/C3H4BrNO/c4-1-3(5)2-6/h1,5H2. The molecular weight excluding hydrogens is 146 g/mol. The summed E-state index contributed by atoms with van der Waals surface area (Å²) < 4.78 is 0. The molecule has 0 rings (SSSR count). The van der Waals surface area contributed by atoms with Crippen LogP contribution in [0.3, 0.4) is 0 Å². The summed E-state index contributed by atoms with van der Waals surface area (Å²) in [5.74, 6) is 1.51. The minimum atomic E-state index is 0.204. The number of rotatable bonds is 1. The molecule has 34 valence electrons. The lowest BCUT2D eigenvalue weighted by molar-refractivity contribution is 0.567. The van der Waals surface area contributed by atoms with Gasteiger partial charge in [0.25, 0.3) is 0 Å². The van der Waals surface area contributed by atoms with E-state index in [9.17, 15) is 4.79 Å². The third-order valence-electron chi connectivity index (χ3n) is 0.275. The van der Waals surface area contributed by atoms with Gasteiger partial charge in [-0.05, 0) is 0 Å². The summed E-state index contributed by atoms with van der Waals surface area (Å²) in [5, 5.41) is 0.413. The van der Waals surface area contributed by atoms with Crippen molar-refractivity contribution in [1.82, 2.24) is 0 Å². The summed E-state index contributed by atoms with van der Waals surface area (Å²) in [6, 6.07) is 0. The van der Waals surface area contributed by atoms with Crippen LogP contribution in [0.4, 0.5) is 0 Å². The first kappa shape index (κ1) is 5.73. The van der Waals surface area contributed by atoms with Crippen molar-refractivity contribution >= 4 is 21.9 Å². The van der Waals surface area contributed by atoms with E-state index in [1.807, 2.05) is 0 Å². The summed E-state index contributed by atoms with van der Waals surface area (Å²) >= 11 is 2.95. The van der Waals surface area contributed by atoms with Crippen LogP contribution < -0.4 is 5.73 Å². The third-order valence-corrected chi connectivity index (χ3v) is 0.879. The molecule has 0 aliphatic carbocycles. The fraction of sp³-hybridized carbons (Fsp3) is 0.333. The monoisotopic (exact) mass is 149 g/mol. The number of hydrogen-bond acceptors (Lipinski definition) is 2. The van der Waals surface area contributed by atoms with Gasteiger partial charge in [0, 0.05) is 0 Å². The second-order valence-electron chi connectivity index (χ2n) is 0.761. The quantitative estimate of drug-likeness (QED) is 0.424. The van der Waals surface area contributed by atoms with Crippen LogP contribution in [-0.2, 0) is 4.79 Å². The molecule has 0 saturated heterocycles. The Morgan fingerprint density at radius 3 is 2.50 bits per heavy atom. The second kappa shape index (κ2) is 2.94. The van der Waals surface area contributed by atoms with E-state index in [0.29, 0.717) is 5.33 Å². The third kappa shape index (κ3) is 2.00. The van der Waals surface area contributed by atoms with Gasteiger partial charge in [-0.1, -0.05) is 15.9 Å². The minimum absolute atomic E-state index is 0.204. The molecular formula is C3H4BrNO. The second-order valence-corrected chi connectivity index (χ2v) is 1.32. The van der Waals surface area contributed by atoms with Crippen molar-refractivity contribution < 1.29 is 4.79 Å². The highest BCUT2D eigenvalue weighted by molar-refractivity contribution is 9.09. The molecule has 0 fully saturated rings. The van der Waals surface area contributed by atoms with E-state index in [-0.39, 0.29) is 5.70 Å². The highest BCUT2D eigenvalue weighted by Crippen LogP contribution is 1.81. The van der Waals surface area contributed by atoms with Crippen LogP contribution in [0.5, 0.6) is 0 Å². The first-order valence-corrected chi connectivity index (χ1v) is 2.49. The SMILES string of the molecule is NC(=C=O)CBr. The first-order chi connectivity index (χ1) is 2.81. The van der Waals surface area contributed by atoms with Crippen LogP contribution in [0.15, 0.2) is 5.70 Å². The maximum atomic E-state index is 9.42. The van der Waals surface area contributed by atoms with Crippen molar-refractivity contribution in [1.29, 1.82) is 0 Å². The summed E-state index contributed by atoms with van der Waals surface area (Å²) in [7, 11) is 0. The molecule has 0 aliphatic heterocycles. The van der Waals surface area contributed by atoms with Crippen molar-refractivity contribution in [3.8, 4) is 0 Å². The molecule has 0 aromatic rings. The largest absolute Gasteiger partial charge is 0.392 e. The molecule has 0 bridgehead atoms. The Hall–Kier alpha value is -0.270. The van der Waals surface area contributed by atoms with Crippen LogP contribution in [0, 0.1) is 0 Å². The maximum Gasteiger partial charge on any atom is 0.146 e. The van der Waals surface area contributed by atoms with Gasteiger partial charge in [0.1, 0.15) is 11.6 Å². The Morgan fingerprint density at radius 2 is 2.50 bits per heavy atom. The van der Waals surface area contributed by atoms with Crippen molar-refractivity contribution in [2.24, 2.45) is 5.73 Å². The highest BCUT2D eigenvalue weighted by Gasteiger charge is 1.78. The number of alkyl halides is 1. The summed E-state index contributed by atoms with van der Waals surface area (Å²) in [5.41, 5.74) is 5.12. The fourth-order valence-electron chi connectivity index (χ4n) is 0.0273. The molecule has 0 amide bonds. The fourth-order valence-corrected chi connectivity index (χ4v) is 0.142. The van der Waals surface area contributed by atoms with E-state index < -0.39 is 0 Å². The zero-order valence-corrected chi connectivity index (χ0v) is 4.66. The van der Waals surface area contributed by atoms with Gasteiger partial charge in [0.05, 0.1) is 5.33 Å². The molecule has 0 radical (unpaired) electrons. The van der Waals surface area contributed by atoms with Crippen LogP contribution in [0.2, 0.25) is 0 Å². The van der Waals surface area contributed by atoms with E-state index in [0.717, 1.165) is 0 Å². The normalized spacial score (nSPS) is 6.83. The van der Waals surface area contributed by atoms with E-state index in [1.165, 1.54) is 5.94 Å². The van der Waals surface area contributed by atoms with Crippen LogP contribution in [0.25, 0.3) is 0 Å². The summed E-state index contributed by atoms with van der Waals surface area (Å²) in [6.45, 7) is 0. The topological polar surface area (TPSA) is 43.1 Å². The molecule has 6 heavy (non-hydrogen) atoms. The predicted molar refractivity (Wildman–Crippen MR) is 27.2 cm³/mol. The Balaban J connectivity index is 3.52. The predicted octanol–water partition coefficient (Wildman–Crippen LogP) is 0.0555. The van der Waals surface area contributed by atoms with Crippen LogP contribution in [0.1, 0.15) is 0 Å². The lowest BCUT2D eigenvalue weighted by atomic mass is 10.6. The van der Waals surface area contributed by atoms with Crippen molar-refractivity contribution in [3.05, 3.63) is 5.70 Å². The molecule has 2 N–H and O–H groups in total. The van der Waals surface area contributed by atoms with E-state index in [1.54, 1.807) is 0 Å².